The standard InChI is InChI=1S/C29H39N3O4/c1-5-31(6-2)14-16-34-22-11-9-10-21(18-22)27-24-13-12-23(35-17-15-32(7-3)8-4)19-25(24)30-26-20-36-29(33)28(26)27/h9-13,18-19,27-28H,5-8,14-17,20H2,1-4H3. The van der Waals surface area contributed by atoms with Crippen LogP contribution in [0.15, 0.2) is 47.5 Å². The summed E-state index contributed by atoms with van der Waals surface area (Å²) in [7, 11) is 0. The number of cyclic esters (lactones) is 1. The van der Waals surface area contributed by atoms with E-state index >= 15 is 0 Å². The molecule has 2 aromatic carbocycles. The number of rotatable bonds is 13. The number of ether oxygens (including phenoxy) is 3. The van der Waals surface area contributed by atoms with Crippen molar-refractivity contribution in [2.24, 2.45) is 10.9 Å². The van der Waals surface area contributed by atoms with Gasteiger partial charge in [0.25, 0.3) is 0 Å². The first-order valence-electron chi connectivity index (χ1n) is 13.3. The van der Waals surface area contributed by atoms with E-state index in [1.54, 1.807) is 0 Å². The summed E-state index contributed by atoms with van der Waals surface area (Å²) in [4.78, 5) is 22.2. The predicted octanol–water partition coefficient (Wildman–Crippen LogP) is 4.52. The van der Waals surface area contributed by atoms with Gasteiger partial charge >= 0.3 is 5.97 Å². The van der Waals surface area contributed by atoms with Crippen LogP contribution in [0.4, 0.5) is 5.69 Å². The number of aliphatic imine (C=N–C) groups is 1. The Morgan fingerprint density at radius 3 is 2.14 bits per heavy atom. The number of hydrogen-bond donors (Lipinski definition) is 0. The molecule has 0 radical (unpaired) electrons. The van der Waals surface area contributed by atoms with Crippen LogP contribution in [0.25, 0.3) is 0 Å². The van der Waals surface area contributed by atoms with Crippen molar-refractivity contribution in [2.75, 3.05) is 59.1 Å². The third-order valence-corrected chi connectivity index (χ3v) is 7.27. The van der Waals surface area contributed by atoms with Gasteiger partial charge in [0.1, 0.15) is 37.2 Å². The summed E-state index contributed by atoms with van der Waals surface area (Å²) in [6.07, 6.45) is 0. The molecule has 2 aliphatic heterocycles. The van der Waals surface area contributed by atoms with E-state index in [4.69, 9.17) is 19.2 Å². The predicted molar refractivity (Wildman–Crippen MR) is 143 cm³/mol. The third kappa shape index (κ3) is 5.90. The fraction of sp³-hybridized carbons (Fsp3) is 0.517. The highest BCUT2D eigenvalue weighted by Gasteiger charge is 2.44. The molecule has 0 amide bonds. The summed E-state index contributed by atoms with van der Waals surface area (Å²) in [6.45, 7) is 15.9. The maximum atomic E-state index is 12.8. The van der Waals surface area contributed by atoms with Crippen LogP contribution < -0.4 is 9.47 Å². The minimum absolute atomic E-state index is 0.168. The Bertz CT molecular complexity index is 1060. The van der Waals surface area contributed by atoms with Crippen molar-refractivity contribution >= 4 is 17.4 Å². The molecule has 0 N–H and O–H groups in total. The summed E-state index contributed by atoms with van der Waals surface area (Å²) in [5.41, 5.74) is 3.67. The number of nitrogens with zero attached hydrogens (tertiary/aromatic N) is 3. The van der Waals surface area contributed by atoms with E-state index in [0.29, 0.717) is 13.2 Å². The Morgan fingerprint density at radius 1 is 0.861 bits per heavy atom. The molecule has 0 saturated carbocycles. The van der Waals surface area contributed by atoms with E-state index in [-0.39, 0.29) is 18.5 Å². The van der Waals surface area contributed by atoms with E-state index in [2.05, 4.69) is 49.6 Å². The molecular formula is C29H39N3O4. The number of esters is 1. The molecule has 2 heterocycles. The molecule has 0 aromatic heterocycles. The van der Waals surface area contributed by atoms with Gasteiger partial charge in [-0.25, -0.2) is 0 Å². The largest absolute Gasteiger partial charge is 0.492 e. The SMILES string of the molecule is CCN(CC)CCOc1cccc(C2c3ccc(OCCN(CC)CC)cc3N=C3COC(=O)C32)c1. The van der Waals surface area contributed by atoms with Crippen molar-refractivity contribution in [3.63, 3.8) is 0 Å². The minimum Gasteiger partial charge on any atom is -0.492 e. The molecule has 2 unspecified atom stereocenters. The highest BCUT2D eigenvalue weighted by atomic mass is 16.5. The van der Waals surface area contributed by atoms with Crippen molar-refractivity contribution in [3.05, 3.63) is 53.6 Å². The molecule has 0 spiro atoms. The summed E-state index contributed by atoms with van der Waals surface area (Å²) in [5.74, 6) is 0.822. The summed E-state index contributed by atoms with van der Waals surface area (Å²) in [5, 5.41) is 0. The lowest BCUT2D eigenvalue weighted by molar-refractivity contribution is -0.141. The number of likely N-dealkylation sites (N-methyl/N-ethyl adjacent to an activating group) is 2. The van der Waals surface area contributed by atoms with Crippen molar-refractivity contribution in [2.45, 2.75) is 33.6 Å². The van der Waals surface area contributed by atoms with Crippen LogP contribution in [0.5, 0.6) is 11.5 Å². The van der Waals surface area contributed by atoms with E-state index in [0.717, 1.165) is 73.3 Å². The zero-order valence-corrected chi connectivity index (χ0v) is 22.0. The molecule has 36 heavy (non-hydrogen) atoms. The Morgan fingerprint density at radius 2 is 1.50 bits per heavy atom. The summed E-state index contributed by atoms with van der Waals surface area (Å²) >= 11 is 0. The molecule has 4 rings (SSSR count). The number of hydrogen-bond acceptors (Lipinski definition) is 7. The van der Waals surface area contributed by atoms with E-state index < -0.39 is 5.92 Å². The van der Waals surface area contributed by atoms with E-state index in [9.17, 15) is 4.79 Å². The first-order chi connectivity index (χ1) is 17.6. The molecule has 7 nitrogen and oxygen atoms in total. The molecule has 0 bridgehead atoms. The van der Waals surface area contributed by atoms with Crippen LogP contribution in [0.1, 0.15) is 44.7 Å². The fourth-order valence-corrected chi connectivity index (χ4v) is 5.03. The van der Waals surface area contributed by atoms with Crippen LogP contribution >= 0.6 is 0 Å². The van der Waals surface area contributed by atoms with Crippen molar-refractivity contribution in [1.29, 1.82) is 0 Å². The normalized spacial score (nSPS) is 18.6. The van der Waals surface area contributed by atoms with E-state index in [1.807, 2.05) is 30.3 Å². The lowest BCUT2D eigenvalue weighted by Gasteiger charge is -2.28. The molecule has 7 heteroatoms. The first kappa shape index (κ1) is 26.2. The van der Waals surface area contributed by atoms with Gasteiger partial charge in [-0.05, 0) is 55.5 Å². The lowest BCUT2D eigenvalue weighted by atomic mass is 9.76. The van der Waals surface area contributed by atoms with Crippen LogP contribution in [-0.4, -0.2) is 80.6 Å². The maximum absolute atomic E-state index is 12.8. The van der Waals surface area contributed by atoms with Gasteiger partial charge in [-0.15, -0.1) is 0 Å². The maximum Gasteiger partial charge on any atom is 0.316 e. The summed E-state index contributed by atoms with van der Waals surface area (Å²) in [6, 6.07) is 14.1. The second kappa shape index (κ2) is 12.4. The van der Waals surface area contributed by atoms with Crippen LogP contribution in [0.3, 0.4) is 0 Å². The molecule has 2 aromatic rings. The highest BCUT2D eigenvalue weighted by molar-refractivity contribution is 6.11. The molecule has 2 atom stereocenters. The van der Waals surface area contributed by atoms with Gasteiger partial charge in [0.05, 0.1) is 11.4 Å². The second-order valence-electron chi connectivity index (χ2n) is 9.21. The monoisotopic (exact) mass is 493 g/mol. The summed E-state index contributed by atoms with van der Waals surface area (Å²) < 4.78 is 17.6. The van der Waals surface area contributed by atoms with E-state index in [1.165, 1.54) is 0 Å². The van der Waals surface area contributed by atoms with Crippen molar-refractivity contribution < 1.29 is 19.0 Å². The third-order valence-electron chi connectivity index (χ3n) is 7.27. The smallest absolute Gasteiger partial charge is 0.316 e. The molecule has 1 fully saturated rings. The van der Waals surface area contributed by atoms with Gasteiger partial charge < -0.3 is 24.0 Å². The fourth-order valence-electron chi connectivity index (χ4n) is 5.03. The Balaban J connectivity index is 1.55. The molecular weight excluding hydrogens is 454 g/mol. The van der Waals surface area contributed by atoms with Gasteiger partial charge in [0.2, 0.25) is 0 Å². The van der Waals surface area contributed by atoms with Gasteiger partial charge in [-0.1, -0.05) is 45.9 Å². The molecule has 194 valence electrons. The van der Waals surface area contributed by atoms with Crippen molar-refractivity contribution in [3.8, 4) is 11.5 Å². The number of fused-ring (bicyclic) bond motifs is 2. The highest BCUT2D eigenvalue weighted by Crippen LogP contribution is 2.46. The zero-order valence-electron chi connectivity index (χ0n) is 22.0. The van der Waals surface area contributed by atoms with Crippen molar-refractivity contribution in [1.82, 2.24) is 9.80 Å². The van der Waals surface area contributed by atoms with Crippen LogP contribution in [0, 0.1) is 5.92 Å². The number of benzene rings is 2. The Kier molecular flexibility index (Phi) is 8.99. The van der Waals surface area contributed by atoms with Gasteiger partial charge in [-0.2, -0.15) is 0 Å². The Labute approximate surface area is 215 Å². The average Bonchev–Trinajstić information content (AvgIpc) is 3.27. The topological polar surface area (TPSA) is 63.6 Å². The number of carbonyl (C=O) groups excluding carboxylic acids is 1. The van der Waals surface area contributed by atoms with Gasteiger partial charge in [-0.3, -0.25) is 9.79 Å². The average molecular weight is 494 g/mol. The quantitative estimate of drug-likeness (QED) is 0.383. The lowest BCUT2D eigenvalue weighted by Crippen LogP contribution is -2.28. The molecule has 2 aliphatic rings. The molecule has 0 aliphatic carbocycles. The second-order valence-corrected chi connectivity index (χ2v) is 9.21. The molecule has 1 saturated heterocycles. The first-order valence-corrected chi connectivity index (χ1v) is 13.3. The number of carbonyl (C=O) groups is 1. The van der Waals surface area contributed by atoms with Gasteiger partial charge in [0.15, 0.2) is 0 Å². The minimum atomic E-state index is -0.405. The van der Waals surface area contributed by atoms with Crippen LogP contribution in [-0.2, 0) is 9.53 Å². The van der Waals surface area contributed by atoms with Gasteiger partial charge in [0, 0.05) is 25.1 Å². The zero-order chi connectivity index (χ0) is 25.5. The van der Waals surface area contributed by atoms with Crippen LogP contribution in [0.2, 0.25) is 0 Å². The Hall–Kier alpha value is -2.90.